The summed E-state index contributed by atoms with van der Waals surface area (Å²) in [4.78, 5) is 18.9. The van der Waals surface area contributed by atoms with E-state index >= 15 is 0 Å². The zero-order valence-electron chi connectivity index (χ0n) is 15.9. The molecule has 0 amide bonds. The van der Waals surface area contributed by atoms with Gasteiger partial charge in [-0.2, -0.15) is 0 Å². The van der Waals surface area contributed by atoms with Gasteiger partial charge in [-0.1, -0.05) is 0 Å². The number of rotatable bonds is 8. The van der Waals surface area contributed by atoms with E-state index in [0.717, 1.165) is 32.4 Å². The van der Waals surface area contributed by atoms with Gasteiger partial charge in [-0.3, -0.25) is 4.79 Å². The van der Waals surface area contributed by atoms with E-state index in [1.807, 2.05) is 19.0 Å². The lowest BCUT2D eigenvalue weighted by molar-refractivity contribution is -0.105. The number of likely N-dealkylation sites (N-methyl/N-ethyl adjacent to an activating group) is 1. The van der Waals surface area contributed by atoms with Crippen molar-refractivity contribution >= 4 is 5.78 Å². The molecule has 0 bridgehead atoms. The highest BCUT2D eigenvalue weighted by molar-refractivity contribution is 6.07. The van der Waals surface area contributed by atoms with Gasteiger partial charge < -0.3 is 19.1 Å². The molecule has 1 fully saturated rings. The molecule has 2 aromatic rings. The summed E-state index contributed by atoms with van der Waals surface area (Å²) in [5.41, 5.74) is 0.958. The van der Waals surface area contributed by atoms with Crippen LogP contribution in [-0.2, 0) is 4.74 Å². The Bertz CT molecular complexity index is 723. The summed E-state index contributed by atoms with van der Waals surface area (Å²) in [6.07, 6.45) is 4.48. The summed E-state index contributed by atoms with van der Waals surface area (Å²) in [7, 11) is 3.98. The fourth-order valence-corrected chi connectivity index (χ4v) is 2.73. The first-order valence-electron chi connectivity index (χ1n) is 9.28. The SMILES string of the molecule is CN(C)CCOc1ccc(C(=O)c2ccc(O[C@H]3CCCCO3)cc2)nc1. The van der Waals surface area contributed by atoms with E-state index in [1.165, 1.54) is 0 Å². The number of hydrogen-bond acceptors (Lipinski definition) is 6. The third-order valence-corrected chi connectivity index (χ3v) is 4.30. The monoisotopic (exact) mass is 370 g/mol. The van der Waals surface area contributed by atoms with Crippen molar-refractivity contribution in [1.29, 1.82) is 0 Å². The quantitative estimate of drug-likeness (QED) is 0.665. The maximum absolute atomic E-state index is 12.6. The molecule has 0 saturated carbocycles. The van der Waals surface area contributed by atoms with E-state index < -0.39 is 0 Å². The lowest BCUT2D eigenvalue weighted by atomic mass is 10.1. The van der Waals surface area contributed by atoms with Crippen molar-refractivity contribution in [2.75, 3.05) is 33.9 Å². The van der Waals surface area contributed by atoms with Crippen LogP contribution >= 0.6 is 0 Å². The second-order valence-corrected chi connectivity index (χ2v) is 6.80. The van der Waals surface area contributed by atoms with Crippen molar-refractivity contribution in [3.05, 3.63) is 53.9 Å². The van der Waals surface area contributed by atoms with Gasteiger partial charge >= 0.3 is 0 Å². The minimum Gasteiger partial charge on any atom is -0.491 e. The number of ether oxygens (including phenoxy) is 3. The topological polar surface area (TPSA) is 60.9 Å². The zero-order chi connectivity index (χ0) is 19.1. The molecule has 0 N–H and O–H groups in total. The number of ketones is 1. The predicted molar refractivity (Wildman–Crippen MR) is 102 cm³/mol. The Morgan fingerprint density at radius 2 is 1.93 bits per heavy atom. The van der Waals surface area contributed by atoms with Crippen LogP contribution in [-0.4, -0.2) is 55.8 Å². The Morgan fingerprint density at radius 3 is 2.56 bits per heavy atom. The Morgan fingerprint density at radius 1 is 1.15 bits per heavy atom. The standard InChI is InChI=1S/C21H26N2O4/c1-23(2)12-14-25-18-10-11-19(22-15-18)21(24)16-6-8-17(9-7-16)27-20-5-3-4-13-26-20/h6-11,15,20H,3-5,12-14H2,1-2H3/t20-/m0/s1. The van der Waals surface area contributed by atoms with Crippen LogP contribution in [0.2, 0.25) is 0 Å². The van der Waals surface area contributed by atoms with Crippen LogP contribution in [0.4, 0.5) is 0 Å². The van der Waals surface area contributed by atoms with Crippen molar-refractivity contribution in [2.45, 2.75) is 25.6 Å². The largest absolute Gasteiger partial charge is 0.491 e. The average molecular weight is 370 g/mol. The van der Waals surface area contributed by atoms with Gasteiger partial charge in [-0.05, 0) is 63.3 Å². The van der Waals surface area contributed by atoms with Crippen LogP contribution in [0.1, 0.15) is 35.3 Å². The Labute approximate surface area is 160 Å². The van der Waals surface area contributed by atoms with Crippen molar-refractivity contribution in [3.8, 4) is 11.5 Å². The third kappa shape index (κ3) is 5.77. The summed E-state index contributed by atoms with van der Waals surface area (Å²) in [6, 6.07) is 10.6. The first-order valence-corrected chi connectivity index (χ1v) is 9.28. The summed E-state index contributed by atoms with van der Waals surface area (Å²) >= 11 is 0. The third-order valence-electron chi connectivity index (χ3n) is 4.30. The highest BCUT2D eigenvalue weighted by Crippen LogP contribution is 2.21. The molecule has 0 unspecified atom stereocenters. The summed E-state index contributed by atoms with van der Waals surface area (Å²) in [6.45, 7) is 2.14. The fraction of sp³-hybridized carbons (Fsp3) is 0.429. The summed E-state index contributed by atoms with van der Waals surface area (Å²) in [5.74, 6) is 1.23. The predicted octanol–water partition coefficient (Wildman–Crippen LogP) is 3.16. The summed E-state index contributed by atoms with van der Waals surface area (Å²) < 4.78 is 17.0. The number of pyridine rings is 1. The van der Waals surface area contributed by atoms with Crippen LogP contribution in [0.5, 0.6) is 11.5 Å². The Balaban J connectivity index is 1.56. The number of nitrogens with zero attached hydrogens (tertiary/aromatic N) is 2. The summed E-state index contributed by atoms with van der Waals surface area (Å²) in [5, 5.41) is 0. The number of benzene rings is 1. The van der Waals surface area contributed by atoms with E-state index in [4.69, 9.17) is 14.2 Å². The molecule has 6 nitrogen and oxygen atoms in total. The molecule has 3 rings (SSSR count). The number of aromatic nitrogens is 1. The van der Waals surface area contributed by atoms with Crippen molar-refractivity contribution in [3.63, 3.8) is 0 Å². The highest BCUT2D eigenvalue weighted by Gasteiger charge is 2.16. The normalized spacial score (nSPS) is 16.9. The molecule has 0 radical (unpaired) electrons. The second-order valence-electron chi connectivity index (χ2n) is 6.80. The van der Waals surface area contributed by atoms with Gasteiger partial charge in [-0.15, -0.1) is 0 Å². The number of carbonyl (C=O) groups is 1. The zero-order valence-corrected chi connectivity index (χ0v) is 15.9. The Hall–Kier alpha value is -2.44. The molecular weight excluding hydrogens is 344 g/mol. The van der Waals surface area contributed by atoms with Gasteiger partial charge in [0.2, 0.25) is 5.78 Å². The fourth-order valence-electron chi connectivity index (χ4n) is 2.73. The molecule has 0 aliphatic carbocycles. The lowest BCUT2D eigenvalue weighted by Crippen LogP contribution is -2.24. The molecule has 1 aromatic heterocycles. The minimum absolute atomic E-state index is 0.129. The van der Waals surface area contributed by atoms with E-state index in [2.05, 4.69) is 4.98 Å². The molecule has 144 valence electrons. The second kappa shape index (κ2) is 9.48. The van der Waals surface area contributed by atoms with Crippen LogP contribution in [0, 0.1) is 0 Å². The Kier molecular flexibility index (Phi) is 6.79. The van der Waals surface area contributed by atoms with E-state index in [0.29, 0.717) is 29.4 Å². The molecule has 2 heterocycles. The van der Waals surface area contributed by atoms with Gasteiger partial charge in [0.1, 0.15) is 23.8 Å². The van der Waals surface area contributed by atoms with E-state index in [1.54, 1.807) is 42.6 Å². The lowest BCUT2D eigenvalue weighted by Gasteiger charge is -2.23. The van der Waals surface area contributed by atoms with Crippen molar-refractivity contribution in [2.24, 2.45) is 0 Å². The van der Waals surface area contributed by atoms with Crippen molar-refractivity contribution < 1.29 is 19.0 Å². The molecule has 1 atom stereocenters. The van der Waals surface area contributed by atoms with E-state index in [9.17, 15) is 4.79 Å². The van der Waals surface area contributed by atoms with E-state index in [-0.39, 0.29) is 12.1 Å². The average Bonchev–Trinajstić information content (AvgIpc) is 2.69. The smallest absolute Gasteiger partial charge is 0.211 e. The highest BCUT2D eigenvalue weighted by atomic mass is 16.7. The van der Waals surface area contributed by atoms with Crippen molar-refractivity contribution in [1.82, 2.24) is 9.88 Å². The van der Waals surface area contributed by atoms with Gasteiger partial charge in [-0.25, -0.2) is 4.98 Å². The first-order chi connectivity index (χ1) is 13.1. The molecule has 1 saturated heterocycles. The van der Waals surface area contributed by atoms with Crippen LogP contribution in [0.25, 0.3) is 0 Å². The van der Waals surface area contributed by atoms with Gasteiger partial charge in [0.05, 0.1) is 12.8 Å². The van der Waals surface area contributed by atoms with Gasteiger partial charge in [0.25, 0.3) is 0 Å². The van der Waals surface area contributed by atoms with Crippen LogP contribution < -0.4 is 9.47 Å². The number of carbonyl (C=O) groups excluding carboxylic acids is 1. The molecule has 1 aliphatic rings. The molecule has 6 heteroatoms. The minimum atomic E-state index is -0.193. The van der Waals surface area contributed by atoms with Gasteiger partial charge in [0.15, 0.2) is 6.29 Å². The molecule has 1 aliphatic heterocycles. The molecule has 1 aromatic carbocycles. The first kappa shape index (κ1) is 19.3. The maximum atomic E-state index is 12.6. The molecular formula is C21H26N2O4. The molecule has 27 heavy (non-hydrogen) atoms. The number of hydrogen-bond donors (Lipinski definition) is 0. The maximum Gasteiger partial charge on any atom is 0.211 e. The van der Waals surface area contributed by atoms with Crippen LogP contribution in [0.15, 0.2) is 42.6 Å². The molecule has 0 spiro atoms. The van der Waals surface area contributed by atoms with Gasteiger partial charge in [0, 0.05) is 18.5 Å². The van der Waals surface area contributed by atoms with Crippen LogP contribution in [0.3, 0.4) is 0 Å².